The van der Waals surface area contributed by atoms with Gasteiger partial charge in [-0.1, -0.05) is 6.07 Å². The molecule has 0 heterocycles. The summed E-state index contributed by atoms with van der Waals surface area (Å²) >= 11 is 3.12. The van der Waals surface area contributed by atoms with Gasteiger partial charge in [0, 0.05) is 0 Å². The normalized spacial score (nSPS) is 13.5. The molecule has 1 atom stereocenters. The van der Waals surface area contributed by atoms with Crippen LogP contribution in [0.25, 0.3) is 0 Å². The van der Waals surface area contributed by atoms with Crippen molar-refractivity contribution < 1.29 is 27.4 Å². The fourth-order valence-electron chi connectivity index (χ4n) is 1.64. The van der Waals surface area contributed by atoms with Crippen LogP contribution in [-0.4, -0.2) is 25.0 Å². The highest BCUT2D eigenvalue weighted by atomic mass is 79.9. The third-order valence-electron chi connectivity index (χ3n) is 2.50. The zero-order chi connectivity index (χ0) is 17.1. The van der Waals surface area contributed by atoms with Gasteiger partial charge in [0.2, 0.25) is 0 Å². The van der Waals surface area contributed by atoms with Crippen LogP contribution in [0, 0.1) is 0 Å². The van der Waals surface area contributed by atoms with Crippen LogP contribution in [0.15, 0.2) is 22.7 Å². The second kappa shape index (κ2) is 6.76. The van der Waals surface area contributed by atoms with E-state index in [2.05, 4.69) is 15.9 Å². The first-order valence-electron chi connectivity index (χ1n) is 6.33. The molecule has 4 nitrogen and oxygen atoms in total. The Morgan fingerprint density at radius 1 is 1.27 bits per heavy atom. The Hall–Kier alpha value is -1.44. The maximum atomic E-state index is 13.2. The molecule has 0 spiro atoms. The van der Waals surface area contributed by atoms with Gasteiger partial charge in [-0.05, 0) is 54.4 Å². The first-order valence-corrected chi connectivity index (χ1v) is 7.13. The van der Waals surface area contributed by atoms with Crippen molar-refractivity contribution in [2.75, 3.05) is 7.11 Å². The van der Waals surface area contributed by atoms with Crippen LogP contribution in [0.5, 0.6) is 5.75 Å². The van der Waals surface area contributed by atoms with E-state index in [1.807, 2.05) is 5.32 Å². The van der Waals surface area contributed by atoms with E-state index in [0.717, 1.165) is 0 Å². The number of carbonyl (C=O) groups is 1. The summed E-state index contributed by atoms with van der Waals surface area (Å²) in [5.41, 5.74) is -1.02. The van der Waals surface area contributed by atoms with Crippen LogP contribution in [0.4, 0.5) is 18.0 Å². The minimum atomic E-state index is -4.66. The Kier molecular flexibility index (Phi) is 5.72. The van der Waals surface area contributed by atoms with Crippen molar-refractivity contribution in [3.05, 3.63) is 28.2 Å². The first-order chi connectivity index (χ1) is 9.94. The van der Waals surface area contributed by atoms with Gasteiger partial charge in [-0.25, -0.2) is 4.79 Å². The predicted octanol–water partition coefficient (Wildman–Crippen LogP) is 4.59. The minimum Gasteiger partial charge on any atom is -0.496 e. The summed E-state index contributed by atoms with van der Waals surface area (Å²) in [6.45, 7) is 4.71. The number of hydrogen-bond donors (Lipinski definition) is 1. The summed E-state index contributed by atoms with van der Waals surface area (Å²) < 4.78 is 49.8. The predicted molar refractivity (Wildman–Crippen MR) is 78.9 cm³/mol. The third-order valence-corrected chi connectivity index (χ3v) is 3.12. The molecule has 124 valence electrons. The highest BCUT2D eigenvalue weighted by Gasteiger charge is 2.42. The molecule has 0 radical (unpaired) electrons. The number of methoxy groups -OCH3 is 1. The highest BCUT2D eigenvalue weighted by molar-refractivity contribution is 9.10. The van der Waals surface area contributed by atoms with E-state index in [9.17, 15) is 18.0 Å². The molecule has 0 saturated carbocycles. The standard InChI is InChI=1S/C14H17BrF3NO3/c1-13(2,3)22-12(20)19-11(14(16,17)18)8-5-6-10(21-4)9(15)7-8/h5-7,11H,1-4H3,(H,19,20). The molecule has 0 aromatic heterocycles. The topological polar surface area (TPSA) is 47.6 Å². The van der Waals surface area contributed by atoms with Crippen LogP contribution in [0.2, 0.25) is 0 Å². The number of alkyl halides is 3. The molecular formula is C14H17BrF3NO3. The largest absolute Gasteiger partial charge is 0.496 e. The van der Waals surface area contributed by atoms with Crippen LogP contribution in [0.3, 0.4) is 0 Å². The molecule has 1 rings (SSSR count). The van der Waals surface area contributed by atoms with Gasteiger partial charge >= 0.3 is 12.3 Å². The number of ether oxygens (including phenoxy) is 2. The quantitative estimate of drug-likeness (QED) is 0.830. The minimum absolute atomic E-state index is 0.133. The highest BCUT2D eigenvalue weighted by Crippen LogP contribution is 2.36. The van der Waals surface area contributed by atoms with Crippen molar-refractivity contribution in [2.24, 2.45) is 0 Å². The molecule has 0 fully saturated rings. The van der Waals surface area contributed by atoms with Crippen LogP contribution in [-0.2, 0) is 4.74 Å². The molecule has 22 heavy (non-hydrogen) atoms. The molecule has 0 aliphatic rings. The molecule has 1 unspecified atom stereocenters. The maximum Gasteiger partial charge on any atom is 0.412 e. The van der Waals surface area contributed by atoms with Crippen molar-refractivity contribution >= 4 is 22.0 Å². The first kappa shape index (κ1) is 18.6. The van der Waals surface area contributed by atoms with Crippen molar-refractivity contribution in [1.82, 2.24) is 5.32 Å². The molecule has 1 aromatic carbocycles. The van der Waals surface area contributed by atoms with Crippen LogP contribution in [0.1, 0.15) is 32.4 Å². The van der Waals surface area contributed by atoms with E-state index in [1.165, 1.54) is 25.3 Å². The van der Waals surface area contributed by atoms with Crippen molar-refractivity contribution in [1.29, 1.82) is 0 Å². The second-order valence-electron chi connectivity index (χ2n) is 5.51. The Balaban J connectivity index is 3.04. The van der Waals surface area contributed by atoms with E-state index in [1.54, 1.807) is 20.8 Å². The molecule has 0 aliphatic heterocycles. The number of alkyl carbamates (subject to hydrolysis) is 1. The lowest BCUT2D eigenvalue weighted by Crippen LogP contribution is -2.41. The van der Waals surface area contributed by atoms with E-state index >= 15 is 0 Å². The summed E-state index contributed by atoms with van der Waals surface area (Å²) in [6.07, 6.45) is -5.80. The molecule has 0 saturated heterocycles. The van der Waals surface area contributed by atoms with Gasteiger partial charge in [-0.15, -0.1) is 0 Å². The van der Waals surface area contributed by atoms with Crippen molar-refractivity contribution in [3.8, 4) is 5.75 Å². The Labute approximate surface area is 135 Å². The van der Waals surface area contributed by atoms with E-state index < -0.39 is 23.9 Å². The van der Waals surface area contributed by atoms with Gasteiger partial charge in [0.05, 0.1) is 11.6 Å². The molecule has 1 amide bonds. The smallest absolute Gasteiger partial charge is 0.412 e. The third kappa shape index (κ3) is 5.40. The Morgan fingerprint density at radius 3 is 2.27 bits per heavy atom. The van der Waals surface area contributed by atoms with Gasteiger partial charge in [0.1, 0.15) is 11.4 Å². The number of nitrogens with one attached hydrogen (secondary N) is 1. The fourth-order valence-corrected chi connectivity index (χ4v) is 2.20. The van der Waals surface area contributed by atoms with Gasteiger partial charge in [0.25, 0.3) is 0 Å². The van der Waals surface area contributed by atoms with Crippen molar-refractivity contribution in [3.63, 3.8) is 0 Å². The number of hydrogen-bond acceptors (Lipinski definition) is 3. The molecule has 8 heteroatoms. The average Bonchev–Trinajstić information content (AvgIpc) is 2.32. The molecular weight excluding hydrogens is 367 g/mol. The SMILES string of the molecule is COc1ccc(C(NC(=O)OC(C)(C)C)C(F)(F)F)cc1Br. The van der Waals surface area contributed by atoms with Gasteiger partial charge in [0.15, 0.2) is 6.04 Å². The number of carbonyl (C=O) groups excluding carboxylic acids is 1. The molecule has 0 aliphatic carbocycles. The second-order valence-corrected chi connectivity index (χ2v) is 6.37. The number of amides is 1. The van der Waals surface area contributed by atoms with Gasteiger partial charge in [-0.3, -0.25) is 0 Å². The lowest BCUT2D eigenvalue weighted by atomic mass is 10.1. The molecule has 1 aromatic rings. The Bertz CT molecular complexity index is 541. The number of benzene rings is 1. The monoisotopic (exact) mass is 383 g/mol. The fraction of sp³-hybridized carbons (Fsp3) is 0.500. The summed E-state index contributed by atoms with van der Waals surface area (Å²) in [7, 11) is 1.40. The van der Waals surface area contributed by atoms with Gasteiger partial charge in [-0.2, -0.15) is 13.2 Å². The maximum absolute atomic E-state index is 13.2. The summed E-state index contributed by atoms with van der Waals surface area (Å²) in [5.74, 6) is 0.391. The van der Waals surface area contributed by atoms with Crippen molar-refractivity contribution in [2.45, 2.75) is 38.6 Å². The zero-order valence-corrected chi connectivity index (χ0v) is 14.1. The lowest BCUT2D eigenvalue weighted by Gasteiger charge is -2.25. The van der Waals surface area contributed by atoms with Crippen LogP contribution < -0.4 is 10.1 Å². The van der Waals surface area contributed by atoms with E-state index in [-0.39, 0.29) is 5.56 Å². The van der Waals surface area contributed by atoms with E-state index in [4.69, 9.17) is 9.47 Å². The zero-order valence-electron chi connectivity index (χ0n) is 12.5. The van der Waals surface area contributed by atoms with Gasteiger partial charge < -0.3 is 14.8 Å². The molecule has 0 bridgehead atoms. The number of rotatable bonds is 3. The Morgan fingerprint density at radius 2 is 1.86 bits per heavy atom. The average molecular weight is 384 g/mol. The lowest BCUT2D eigenvalue weighted by molar-refractivity contribution is -0.157. The number of halogens is 4. The van der Waals surface area contributed by atoms with Crippen LogP contribution >= 0.6 is 15.9 Å². The summed E-state index contributed by atoms with van der Waals surface area (Å²) in [5, 5.41) is 1.85. The summed E-state index contributed by atoms with van der Waals surface area (Å²) in [6, 6.07) is 1.69. The summed E-state index contributed by atoms with van der Waals surface area (Å²) in [4.78, 5) is 11.6. The van der Waals surface area contributed by atoms with E-state index in [0.29, 0.717) is 10.2 Å². The molecule has 1 N–H and O–H groups in total.